The molecule has 0 aliphatic carbocycles. The Bertz CT molecular complexity index is 949. The second-order valence-electron chi connectivity index (χ2n) is 5.62. The van der Waals surface area contributed by atoms with Gasteiger partial charge in [-0.25, -0.2) is 4.98 Å². The third kappa shape index (κ3) is 4.24. The summed E-state index contributed by atoms with van der Waals surface area (Å²) >= 11 is 0. The first-order valence-electron chi connectivity index (χ1n) is 8.52. The van der Waals surface area contributed by atoms with Crippen molar-refractivity contribution in [3.63, 3.8) is 0 Å². The van der Waals surface area contributed by atoms with E-state index in [0.29, 0.717) is 28.6 Å². The maximum absolute atomic E-state index is 8.90. The fourth-order valence-corrected chi connectivity index (χ4v) is 2.51. The van der Waals surface area contributed by atoms with Crippen LogP contribution in [0.15, 0.2) is 48.5 Å². The molecule has 0 unspecified atom stereocenters. The van der Waals surface area contributed by atoms with Gasteiger partial charge in [-0.1, -0.05) is 24.3 Å². The van der Waals surface area contributed by atoms with Crippen LogP contribution in [0.2, 0.25) is 0 Å². The summed E-state index contributed by atoms with van der Waals surface area (Å²) in [6, 6.07) is 14.3. The Morgan fingerprint density at radius 2 is 1.75 bits per heavy atom. The number of ether oxygens (including phenoxy) is 4. The van der Waals surface area contributed by atoms with Gasteiger partial charge < -0.3 is 29.8 Å². The molecule has 8 nitrogen and oxygen atoms in total. The fraction of sp³-hybridized carbons (Fsp3) is 0.200. The van der Waals surface area contributed by atoms with Gasteiger partial charge in [0, 0.05) is 5.56 Å². The number of nitrogens with zero attached hydrogens (tertiary/aromatic N) is 2. The Morgan fingerprint density at radius 1 is 0.964 bits per heavy atom. The highest BCUT2D eigenvalue weighted by atomic mass is 16.5. The van der Waals surface area contributed by atoms with E-state index < -0.39 is 0 Å². The number of anilines is 1. The van der Waals surface area contributed by atoms with Gasteiger partial charge in [0.25, 0.3) is 5.88 Å². The molecule has 0 aliphatic heterocycles. The van der Waals surface area contributed by atoms with Crippen molar-refractivity contribution in [3.05, 3.63) is 48.5 Å². The molecule has 2 aromatic carbocycles. The van der Waals surface area contributed by atoms with Crippen LogP contribution in [0.3, 0.4) is 0 Å². The first-order chi connectivity index (χ1) is 13.7. The molecule has 0 saturated heterocycles. The molecule has 1 aromatic heterocycles. The van der Waals surface area contributed by atoms with Crippen LogP contribution in [0.1, 0.15) is 0 Å². The number of aromatic nitrogens is 2. The third-order valence-electron chi connectivity index (χ3n) is 3.79. The number of hydrogen-bond donors (Lipinski definition) is 2. The third-order valence-corrected chi connectivity index (χ3v) is 3.79. The van der Waals surface area contributed by atoms with Crippen LogP contribution < -0.4 is 24.7 Å². The number of methoxy groups -OCH3 is 2. The van der Waals surface area contributed by atoms with Crippen molar-refractivity contribution in [1.29, 1.82) is 0 Å². The van der Waals surface area contributed by atoms with E-state index in [0.717, 1.165) is 0 Å². The van der Waals surface area contributed by atoms with Gasteiger partial charge in [0.05, 0.1) is 20.8 Å². The molecule has 0 bridgehead atoms. The van der Waals surface area contributed by atoms with E-state index in [9.17, 15) is 0 Å². The summed E-state index contributed by atoms with van der Waals surface area (Å²) < 4.78 is 22.0. The van der Waals surface area contributed by atoms with Crippen LogP contribution in [0.25, 0.3) is 11.4 Å². The molecule has 28 heavy (non-hydrogen) atoms. The van der Waals surface area contributed by atoms with E-state index in [1.807, 2.05) is 18.2 Å². The molecule has 0 saturated carbocycles. The number of aliphatic hydroxyl groups excluding tert-OH is 1. The molecule has 0 aliphatic rings. The number of aliphatic hydroxyl groups is 1. The molecule has 1 heterocycles. The zero-order valence-electron chi connectivity index (χ0n) is 15.6. The molecule has 3 rings (SSSR count). The predicted octanol–water partition coefficient (Wildman–Crippen LogP) is 2.91. The highest BCUT2D eigenvalue weighted by Crippen LogP contribution is 2.39. The van der Waals surface area contributed by atoms with Gasteiger partial charge >= 0.3 is 0 Å². The molecule has 8 heteroatoms. The van der Waals surface area contributed by atoms with Crippen LogP contribution in [-0.2, 0) is 0 Å². The molecule has 146 valence electrons. The lowest BCUT2D eigenvalue weighted by Gasteiger charge is -2.14. The van der Waals surface area contributed by atoms with E-state index in [4.69, 9.17) is 29.8 Å². The summed E-state index contributed by atoms with van der Waals surface area (Å²) in [6.45, 7) is 0.123. The molecular weight excluding hydrogens is 362 g/mol. The maximum atomic E-state index is 8.90. The van der Waals surface area contributed by atoms with E-state index in [1.54, 1.807) is 37.4 Å². The van der Waals surface area contributed by atoms with Crippen molar-refractivity contribution in [1.82, 2.24) is 9.97 Å². The largest absolute Gasteiger partial charge is 0.493 e. The Labute approximate surface area is 162 Å². The fourth-order valence-electron chi connectivity index (χ4n) is 2.51. The monoisotopic (exact) mass is 383 g/mol. The van der Waals surface area contributed by atoms with Gasteiger partial charge in [0.2, 0.25) is 5.75 Å². The second kappa shape index (κ2) is 8.92. The normalized spacial score (nSPS) is 10.4. The van der Waals surface area contributed by atoms with Crippen LogP contribution in [0, 0.1) is 0 Å². The zero-order valence-corrected chi connectivity index (χ0v) is 15.6. The van der Waals surface area contributed by atoms with Crippen molar-refractivity contribution < 1.29 is 24.1 Å². The summed E-state index contributed by atoms with van der Waals surface area (Å²) in [5, 5.41) is 8.90. The second-order valence-corrected chi connectivity index (χ2v) is 5.62. The van der Waals surface area contributed by atoms with Gasteiger partial charge in [-0.3, -0.25) is 0 Å². The maximum Gasteiger partial charge on any atom is 0.263 e. The standard InChI is InChI=1S/C20H21N3O5/c1-25-15-8-3-4-9-16(15)28-17-18(21)22-19(23-20(17)26-2)13-6-5-7-14(12-13)27-11-10-24/h3-9,12,24H,10-11H2,1-2H3,(H2,21,22,23). The SMILES string of the molecule is COc1ccccc1Oc1c(N)nc(-c2cccc(OCCO)c2)nc1OC. The molecule has 0 fully saturated rings. The van der Waals surface area contributed by atoms with E-state index in [-0.39, 0.29) is 30.7 Å². The lowest BCUT2D eigenvalue weighted by atomic mass is 10.2. The summed E-state index contributed by atoms with van der Waals surface area (Å²) in [6.07, 6.45) is 0. The average molecular weight is 383 g/mol. The van der Waals surface area contributed by atoms with Gasteiger partial charge in [0.1, 0.15) is 12.4 Å². The van der Waals surface area contributed by atoms with Gasteiger partial charge in [-0.05, 0) is 24.3 Å². The number of benzene rings is 2. The Kier molecular flexibility index (Phi) is 6.13. The van der Waals surface area contributed by atoms with E-state index >= 15 is 0 Å². The number of hydrogen-bond acceptors (Lipinski definition) is 8. The summed E-state index contributed by atoms with van der Waals surface area (Å²) in [4.78, 5) is 8.75. The average Bonchev–Trinajstić information content (AvgIpc) is 2.74. The number of nitrogen functional groups attached to an aromatic ring is 1. The molecule has 0 atom stereocenters. The molecule has 3 N–H and O–H groups in total. The van der Waals surface area contributed by atoms with Crippen LogP contribution in [-0.4, -0.2) is 42.5 Å². The minimum atomic E-state index is -0.0729. The van der Waals surface area contributed by atoms with Crippen LogP contribution in [0.5, 0.6) is 28.9 Å². The predicted molar refractivity (Wildman–Crippen MR) is 104 cm³/mol. The van der Waals surface area contributed by atoms with Crippen molar-refractivity contribution in [2.75, 3.05) is 33.2 Å². The van der Waals surface area contributed by atoms with Crippen molar-refractivity contribution in [2.24, 2.45) is 0 Å². The van der Waals surface area contributed by atoms with Crippen molar-refractivity contribution in [2.45, 2.75) is 0 Å². The highest BCUT2D eigenvalue weighted by molar-refractivity contribution is 5.64. The number of nitrogens with two attached hydrogens (primary N) is 1. The van der Waals surface area contributed by atoms with Gasteiger partial charge in [-0.15, -0.1) is 0 Å². The molecule has 3 aromatic rings. The number of para-hydroxylation sites is 2. The molecular formula is C20H21N3O5. The van der Waals surface area contributed by atoms with Gasteiger partial charge in [0.15, 0.2) is 23.1 Å². The Hall–Kier alpha value is -3.52. The van der Waals surface area contributed by atoms with Crippen LogP contribution >= 0.6 is 0 Å². The minimum Gasteiger partial charge on any atom is -0.493 e. The first kappa shape index (κ1) is 19.2. The lowest BCUT2D eigenvalue weighted by Crippen LogP contribution is -2.04. The van der Waals surface area contributed by atoms with Crippen molar-refractivity contribution >= 4 is 5.82 Å². The highest BCUT2D eigenvalue weighted by Gasteiger charge is 2.18. The molecule has 0 amide bonds. The number of rotatable bonds is 8. The smallest absolute Gasteiger partial charge is 0.263 e. The van der Waals surface area contributed by atoms with E-state index in [2.05, 4.69) is 9.97 Å². The minimum absolute atomic E-state index is 0.0729. The van der Waals surface area contributed by atoms with Crippen molar-refractivity contribution in [3.8, 4) is 40.3 Å². The van der Waals surface area contributed by atoms with Gasteiger partial charge in [-0.2, -0.15) is 4.98 Å². The first-order valence-corrected chi connectivity index (χ1v) is 8.52. The summed E-state index contributed by atoms with van der Waals surface area (Å²) in [5.74, 6) is 2.46. The lowest BCUT2D eigenvalue weighted by molar-refractivity contribution is 0.201. The zero-order chi connectivity index (χ0) is 19.9. The quantitative estimate of drug-likeness (QED) is 0.611. The summed E-state index contributed by atoms with van der Waals surface area (Å²) in [5.41, 5.74) is 6.82. The molecule has 0 radical (unpaired) electrons. The van der Waals surface area contributed by atoms with Crippen LogP contribution in [0.4, 0.5) is 5.82 Å². The topological polar surface area (TPSA) is 109 Å². The van der Waals surface area contributed by atoms with E-state index in [1.165, 1.54) is 7.11 Å². The Balaban J connectivity index is 1.96. The molecule has 0 spiro atoms. The summed E-state index contributed by atoms with van der Waals surface area (Å²) in [7, 11) is 3.02. The Morgan fingerprint density at radius 3 is 2.46 bits per heavy atom.